The van der Waals surface area contributed by atoms with Crippen molar-refractivity contribution in [1.82, 2.24) is 4.98 Å². The Bertz CT molecular complexity index is 387. The number of hydrogen-bond acceptors (Lipinski definition) is 2. The summed E-state index contributed by atoms with van der Waals surface area (Å²) in [5, 5.41) is 8.36. The van der Waals surface area contributed by atoms with Crippen LogP contribution in [0, 0.1) is 20.7 Å². The van der Waals surface area contributed by atoms with Crippen LogP contribution in [0.25, 0.3) is 0 Å². The highest BCUT2D eigenvalue weighted by Gasteiger charge is 2.19. The quantitative estimate of drug-likeness (QED) is 0.788. The second-order valence-electron chi connectivity index (χ2n) is 2.43. The van der Waals surface area contributed by atoms with E-state index in [0.717, 1.165) is 6.20 Å². The van der Waals surface area contributed by atoms with Crippen LogP contribution >= 0.6 is 22.6 Å². The molecule has 0 fully saturated rings. The van der Waals surface area contributed by atoms with Crippen LogP contribution in [0.15, 0.2) is 6.20 Å². The van der Waals surface area contributed by atoms with E-state index >= 15 is 0 Å². The molecule has 0 unspecified atom stereocenters. The maximum Gasteiger partial charge on any atom is 0.283 e. The Morgan fingerprint density at radius 2 is 2.21 bits per heavy atom. The van der Waals surface area contributed by atoms with Gasteiger partial charge >= 0.3 is 0 Å². The van der Waals surface area contributed by atoms with Crippen molar-refractivity contribution in [2.24, 2.45) is 0 Å². The molecule has 0 spiro atoms. The van der Waals surface area contributed by atoms with E-state index in [1.165, 1.54) is 0 Å². The molecule has 0 aromatic carbocycles. The predicted octanol–water partition coefficient (Wildman–Crippen LogP) is 2.83. The number of nitrogens with zero attached hydrogens (tertiary/aromatic N) is 2. The third kappa shape index (κ3) is 2.15. The molecule has 2 nitrogen and oxygen atoms in total. The number of hydrogen-bond donors (Lipinski definition) is 0. The molecule has 0 saturated heterocycles. The average molecular weight is 312 g/mol. The molecule has 1 aromatic rings. The van der Waals surface area contributed by atoms with Crippen LogP contribution in [0.3, 0.4) is 0 Å². The molecule has 1 heterocycles. The van der Waals surface area contributed by atoms with Gasteiger partial charge in [-0.2, -0.15) is 5.26 Å². The molecule has 0 atom stereocenters. The Hall–Kier alpha value is -0.840. The number of pyridine rings is 1. The van der Waals surface area contributed by atoms with Gasteiger partial charge in [0.25, 0.3) is 6.43 Å². The van der Waals surface area contributed by atoms with Gasteiger partial charge in [0, 0.05) is 11.8 Å². The Morgan fingerprint density at radius 1 is 1.57 bits per heavy atom. The van der Waals surface area contributed by atoms with Crippen molar-refractivity contribution >= 4 is 22.6 Å². The first-order valence-electron chi connectivity index (χ1n) is 3.55. The molecule has 0 N–H and O–H groups in total. The molecule has 14 heavy (non-hydrogen) atoms. The second-order valence-corrected chi connectivity index (χ2v) is 3.51. The summed E-state index contributed by atoms with van der Waals surface area (Å²) in [7, 11) is 0. The Balaban J connectivity index is 3.20. The fourth-order valence-corrected chi connectivity index (χ4v) is 1.48. The van der Waals surface area contributed by atoms with Gasteiger partial charge in [-0.25, -0.2) is 13.2 Å². The summed E-state index contributed by atoms with van der Waals surface area (Å²) < 4.78 is 37.5. The first kappa shape index (κ1) is 11.2. The van der Waals surface area contributed by atoms with E-state index in [-0.39, 0.29) is 9.99 Å². The van der Waals surface area contributed by atoms with Gasteiger partial charge in [-0.3, -0.25) is 4.98 Å². The lowest BCUT2D eigenvalue weighted by atomic mass is 10.2. The van der Waals surface area contributed by atoms with E-state index in [9.17, 15) is 13.2 Å². The van der Waals surface area contributed by atoms with Crippen molar-refractivity contribution < 1.29 is 13.2 Å². The molecule has 0 aliphatic carbocycles. The summed E-state index contributed by atoms with van der Waals surface area (Å²) in [4.78, 5) is 3.28. The SMILES string of the molecule is N#CCc1cnc(C(F)F)c(F)c1I. The minimum absolute atomic E-state index is 0.0360. The summed E-state index contributed by atoms with van der Waals surface area (Å²) in [5.74, 6) is -1.03. The number of aromatic nitrogens is 1. The van der Waals surface area contributed by atoms with Gasteiger partial charge in [-0.1, -0.05) is 0 Å². The van der Waals surface area contributed by atoms with Crippen LogP contribution in [-0.2, 0) is 6.42 Å². The number of halogens is 4. The van der Waals surface area contributed by atoms with Crippen molar-refractivity contribution in [3.05, 3.63) is 26.8 Å². The molecule has 0 amide bonds. The summed E-state index contributed by atoms with van der Waals surface area (Å²) in [6, 6.07) is 1.80. The zero-order valence-corrected chi connectivity index (χ0v) is 8.93. The molecule has 0 radical (unpaired) electrons. The molecular weight excluding hydrogens is 308 g/mol. The number of alkyl halides is 2. The maximum atomic E-state index is 13.2. The first-order chi connectivity index (χ1) is 6.57. The molecular formula is C8H4F3IN2. The normalized spacial score (nSPS) is 10.3. The lowest BCUT2D eigenvalue weighted by Gasteiger charge is -2.05. The summed E-state index contributed by atoms with van der Waals surface area (Å²) in [5.41, 5.74) is -0.536. The monoisotopic (exact) mass is 312 g/mol. The van der Waals surface area contributed by atoms with Gasteiger partial charge in [0.05, 0.1) is 16.1 Å². The Kier molecular flexibility index (Phi) is 3.69. The van der Waals surface area contributed by atoms with E-state index in [0.29, 0.717) is 5.56 Å². The average Bonchev–Trinajstić information content (AvgIpc) is 2.13. The lowest BCUT2D eigenvalue weighted by Crippen LogP contribution is -2.02. The Labute approximate surface area is 91.9 Å². The molecule has 0 saturated carbocycles. The second kappa shape index (κ2) is 4.59. The van der Waals surface area contributed by atoms with Crippen LogP contribution in [-0.4, -0.2) is 4.98 Å². The largest absolute Gasteiger partial charge is 0.283 e. The minimum atomic E-state index is -2.93. The predicted molar refractivity (Wildman–Crippen MR) is 51.2 cm³/mol. The molecule has 1 aromatic heterocycles. The standard InChI is InChI=1S/C8H4F3IN2/c9-5-6(12)4(1-2-13)3-14-7(5)8(10)11/h3,8H,1H2. The van der Waals surface area contributed by atoms with Crippen molar-refractivity contribution in [1.29, 1.82) is 5.26 Å². The molecule has 0 aliphatic rings. The Morgan fingerprint density at radius 3 is 2.71 bits per heavy atom. The minimum Gasteiger partial charge on any atom is -0.252 e. The van der Waals surface area contributed by atoms with Crippen molar-refractivity contribution in [3.8, 4) is 6.07 Å². The highest BCUT2D eigenvalue weighted by molar-refractivity contribution is 14.1. The third-order valence-corrected chi connectivity index (χ3v) is 2.70. The molecule has 6 heteroatoms. The maximum absolute atomic E-state index is 13.2. The van der Waals surface area contributed by atoms with E-state index in [1.807, 2.05) is 0 Å². The molecule has 1 rings (SSSR count). The van der Waals surface area contributed by atoms with Crippen molar-refractivity contribution in [3.63, 3.8) is 0 Å². The molecule has 0 bridgehead atoms. The van der Waals surface area contributed by atoms with Crippen molar-refractivity contribution in [2.75, 3.05) is 0 Å². The van der Waals surface area contributed by atoms with Gasteiger partial charge in [-0.05, 0) is 22.6 Å². The first-order valence-corrected chi connectivity index (χ1v) is 4.63. The zero-order chi connectivity index (χ0) is 10.7. The van der Waals surface area contributed by atoms with Crippen LogP contribution in [0.2, 0.25) is 0 Å². The summed E-state index contributed by atoms with van der Waals surface area (Å²) in [6.07, 6.45) is -1.86. The van der Waals surface area contributed by atoms with E-state index in [1.54, 1.807) is 28.7 Å². The molecule has 0 aliphatic heterocycles. The fraction of sp³-hybridized carbons (Fsp3) is 0.250. The topological polar surface area (TPSA) is 36.7 Å². The van der Waals surface area contributed by atoms with Crippen LogP contribution in [0.4, 0.5) is 13.2 Å². The van der Waals surface area contributed by atoms with E-state index < -0.39 is 17.9 Å². The summed E-state index contributed by atoms with van der Waals surface area (Å²) >= 11 is 1.59. The van der Waals surface area contributed by atoms with Crippen LogP contribution < -0.4 is 0 Å². The molecule has 74 valence electrons. The number of rotatable bonds is 2. The van der Waals surface area contributed by atoms with Crippen LogP contribution in [0.5, 0.6) is 0 Å². The van der Waals surface area contributed by atoms with E-state index in [2.05, 4.69) is 4.98 Å². The smallest absolute Gasteiger partial charge is 0.252 e. The van der Waals surface area contributed by atoms with Gasteiger partial charge < -0.3 is 0 Å². The fourth-order valence-electron chi connectivity index (χ4n) is 0.875. The van der Waals surface area contributed by atoms with Gasteiger partial charge in [0.2, 0.25) is 0 Å². The van der Waals surface area contributed by atoms with Crippen molar-refractivity contribution in [2.45, 2.75) is 12.8 Å². The van der Waals surface area contributed by atoms with Gasteiger partial charge in [0.1, 0.15) is 5.69 Å². The lowest BCUT2D eigenvalue weighted by molar-refractivity contribution is 0.140. The van der Waals surface area contributed by atoms with Gasteiger partial charge in [0.15, 0.2) is 5.82 Å². The zero-order valence-electron chi connectivity index (χ0n) is 6.77. The highest BCUT2D eigenvalue weighted by atomic mass is 127. The third-order valence-electron chi connectivity index (χ3n) is 1.54. The summed E-state index contributed by atoms with van der Waals surface area (Å²) in [6.45, 7) is 0. The highest BCUT2D eigenvalue weighted by Crippen LogP contribution is 2.25. The van der Waals surface area contributed by atoms with E-state index in [4.69, 9.17) is 5.26 Å². The van der Waals surface area contributed by atoms with Gasteiger partial charge in [-0.15, -0.1) is 0 Å². The number of nitriles is 1. The van der Waals surface area contributed by atoms with Crippen LogP contribution in [0.1, 0.15) is 17.7 Å².